The predicted molar refractivity (Wildman–Crippen MR) is 64.9 cm³/mol. The predicted octanol–water partition coefficient (Wildman–Crippen LogP) is 1.38. The van der Waals surface area contributed by atoms with E-state index in [4.69, 9.17) is 10.00 Å². The highest BCUT2D eigenvalue weighted by Crippen LogP contribution is 2.20. The standard InChI is InChI=1S/C13H11N3O2/c1-18-11(9-5-3-2-4-6-9)12-15-8-10(7-14)13(17)16-12/h2-6,8,11H,1H3,(H,15,16,17). The van der Waals surface area contributed by atoms with Gasteiger partial charge in [0.15, 0.2) is 0 Å². The van der Waals surface area contributed by atoms with Crippen LogP contribution in [0, 0.1) is 11.3 Å². The molecule has 1 aromatic carbocycles. The van der Waals surface area contributed by atoms with E-state index >= 15 is 0 Å². The second kappa shape index (κ2) is 5.25. The Balaban J connectivity index is 2.44. The molecule has 0 spiro atoms. The summed E-state index contributed by atoms with van der Waals surface area (Å²) in [6, 6.07) is 11.2. The van der Waals surface area contributed by atoms with Crippen molar-refractivity contribution >= 4 is 0 Å². The van der Waals surface area contributed by atoms with E-state index in [0.717, 1.165) is 5.56 Å². The molecule has 0 aliphatic carbocycles. The molecular weight excluding hydrogens is 230 g/mol. The lowest BCUT2D eigenvalue weighted by Crippen LogP contribution is -2.18. The summed E-state index contributed by atoms with van der Waals surface area (Å²) >= 11 is 0. The van der Waals surface area contributed by atoms with Crippen LogP contribution in [0.5, 0.6) is 0 Å². The number of nitrogens with zero attached hydrogens (tertiary/aromatic N) is 2. The van der Waals surface area contributed by atoms with Crippen LogP contribution in [0.2, 0.25) is 0 Å². The quantitative estimate of drug-likeness (QED) is 0.880. The van der Waals surface area contributed by atoms with E-state index in [0.29, 0.717) is 5.82 Å². The Morgan fingerprint density at radius 1 is 1.39 bits per heavy atom. The third-order valence-electron chi connectivity index (χ3n) is 2.53. The Morgan fingerprint density at radius 3 is 2.67 bits per heavy atom. The van der Waals surface area contributed by atoms with Crippen molar-refractivity contribution in [2.75, 3.05) is 7.11 Å². The number of H-pyrrole nitrogens is 1. The molecule has 2 aromatic rings. The van der Waals surface area contributed by atoms with Gasteiger partial charge in [-0.1, -0.05) is 30.3 Å². The number of hydrogen-bond donors (Lipinski definition) is 1. The molecule has 0 aliphatic rings. The summed E-state index contributed by atoms with van der Waals surface area (Å²) in [5.41, 5.74) is 0.412. The van der Waals surface area contributed by atoms with E-state index in [1.807, 2.05) is 30.3 Å². The van der Waals surface area contributed by atoms with E-state index < -0.39 is 11.7 Å². The minimum Gasteiger partial charge on any atom is -0.369 e. The largest absolute Gasteiger partial charge is 0.369 e. The highest BCUT2D eigenvalue weighted by Gasteiger charge is 2.16. The Hall–Kier alpha value is -2.45. The van der Waals surface area contributed by atoms with Gasteiger partial charge in [-0.3, -0.25) is 4.79 Å². The maximum atomic E-state index is 11.5. The van der Waals surface area contributed by atoms with Gasteiger partial charge in [0.2, 0.25) is 0 Å². The first kappa shape index (κ1) is 12.0. The fraction of sp³-hybridized carbons (Fsp3) is 0.154. The van der Waals surface area contributed by atoms with Crippen LogP contribution in [0.25, 0.3) is 0 Å². The number of methoxy groups -OCH3 is 1. The van der Waals surface area contributed by atoms with E-state index in [2.05, 4.69) is 9.97 Å². The van der Waals surface area contributed by atoms with Gasteiger partial charge in [-0.15, -0.1) is 0 Å². The van der Waals surface area contributed by atoms with Crippen LogP contribution < -0.4 is 5.56 Å². The van der Waals surface area contributed by atoms with Crippen LogP contribution in [0.3, 0.4) is 0 Å². The van der Waals surface area contributed by atoms with Crippen molar-refractivity contribution in [2.45, 2.75) is 6.10 Å². The molecule has 0 saturated carbocycles. The highest BCUT2D eigenvalue weighted by molar-refractivity contribution is 5.26. The maximum absolute atomic E-state index is 11.5. The van der Waals surface area contributed by atoms with Gasteiger partial charge in [-0.05, 0) is 5.56 Å². The zero-order valence-electron chi connectivity index (χ0n) is 9.75. The molecule has 0 saturated heterocycles. The molecule has 0 bridgehead atoms. The molecule has 1 unspecified atom stereocenters. The lowest BCUT2D eigenvalue weighted by atomic mass is 10.1. The van der Waals surface area contributed by atoms with E-state index in [-0.39, 0.29) is 5.56 Å². The fourth-order valence-corrected chi connectivity index (χ4v) is 1.65. The SMILES string of the molecule is COC(c1ccccc1)c1ncc(C#N)c(=O)[nH]1. The molecular formula is C13H11N3O2. The van der Waals surface area contributed by atoms with Gasteiger partial charge in [0, 0.05) is 7.11 Å². The minimum atomic E-state index is -0.458. The molecule has 0 aliphatic heterocycles. The number of nitrogens with one attached hydrogen (secondary N) is 1. The Labute approximate surface area is 104 Å². The van der Waals surface area contributed by atoms with Crippen LogP contribution in [0.4, 0.5) is 0 Å². The molecule has 1 heterocycles. The minimum absolute atomic E-state index is 0.0123. The summed E-state index contributed by atoms with van der Waals surface area (Å²) in [6.07, 6.45) is 0.801. The van der Waals surface area contributed by atoms with E-state index in [1.165, 1.54) is 13.3 Å². The fourth-order valence-electron chi connectivity index (χ4n) is 1.65. The number of aromatic nitrogens is 2. The molecule has 1 atom stereocenters. The summed E-state index contributed by atoms with van der Waals surface area (Å²) in [5, 5.41) is 8.68. The van der Waals surface area contributed by atoms with Gasteiger partial charge in [0.25, 0.3) is 5.56 Å². The molecule has 5 nitrogen and oxygen atoms in total. The number of ether oxygens (including phenoxy) is 1. The second-order valence-corrected chi connectivity index (χ2v) is 3.65. The third kappa shape index (κ3) is 2.29. The van der Waals surface area contributed by atoms with Crippen LogP contribution in [0.15, 0.2) is 41.3 Å². The zero-order valence-corrected chi connectivity index (χ0v) is 9.75. The molecule has 0 radical (unpaired) electrons. The molecule has 5 heteroatoms. The monoisotopic (exact) mass is 241 g/mol. The first-order chi connectivity index (χ1) is 8.76. The lowest BCUT2D eigenvalue weighted by molar-refractivity contribution is 0.129. The Morgan fingerprint density at radius 2 is 2.11 bits per heavy atom. The normalized spacial score (nSPS) is 11.8. The number of nitriles is 1. The highest BCUT2D eigenvalue weighted by atomic mass is 16.5. The van der Waals surface area contributed by atoms with Crippen LogP contribution in [-0.2, 0) is 4.74 Å². The first-order valence-electron chi connectivity index (χ1n) is 5.33. The average molecular weight is 241 g/mol. The van der Waals surface area contributed by atoms with E-state index in [1.54, 1.807) is 6.07 Å². The van der Waals surface area contributed by atoms with Crippen molar-refractivity contribution in [1.82, 2.24) is 9.97 Å². The Kier molecular flexibility index (Phi) is 3.51. The van der Waals surface area contributed by atoms with Gasteiger partial charge >= 0.3 is 0 Å². The summed E-state index contributed by atoms with van der Waals surface area (Å²) in [5.74, 6) is 0.382. The average Bonchev–Trinajstić information content (AvgIpc) is 2.41. The summed E-state index contributed by atoms with van der Waals surface area (Å²) < 4.78 is 5.34. The van der Waals surface area contributed by atoms with Crippen LogP contribution in [-0.4, -0.2) is 17.1 Å². The summed E-state index contributed by atoms with van der Waals surface area (Å²) in [4.78, 5) is 18.2. The van der Waals surface area contributed by atoms with Gasteiger partial charge in [-0.2, -0.15) is 5.26 Å². The van der Waals surface area contributed by atoms with Crippen LogP contribution >= 0.6 is 0 Å². The molecule has 0 fully saturated rings. The van der Waals surface area contributed by atoms with Crippen molar-refractivity contribution in [3.8, 4) is 6.07 Å². The van der Waals surface area contributed by atoms with Crippen molar-refractivity contribution in [2.24, 2.45) is 0 Å². The molecule has 0 amide bonds. The second-order valence-electron chi connectivity index (χ2n) is 3.65. The molecule has 1 aromatic heterocycles. The van der Waals surface area contributed by atoms with Crippen molar-refractivity contribution < 1.29 is 4.74 Å². The molecule has 1 N–H and O–H groups in total. The maximum Gasteiger partial charge on any atom is 0.268 e. The molecule has 2 rings (SSSR count). The number of rotatable bonds is 3. The number of benzene rings is 1. The van der Waals surface area contributed by atoms with Gasteiger partial charge in [0.05, 0.1) is 6.20 Å². The smallest absolute Gasteiger partial charge is 0.268 e. The zero-order chi connectivity index (χ0) is 13.0. The van der Waals surface area contributed by atoms with E-state index in [9.17, 15) is 4.79 Å². The van der Waals surface area contributed by atoms with Crippen LogP contribution in [0.1, 0.15) is 23.1 Å². The van der Waals surface area contributed by atoms with Gasteiger partial charge in [-0.25, -0.2) is 4.98 Å². The van der Waals surface area contributed by atoms with Crippen molar-refractivity contribution in [3.63, 3.8) is 0 Å². The third-order valence-corrected chi connectivity index (χ3v) is 2.53. The van der Waals surface area contributed by atoms with Gasteiger partial charge < -0.3 is 9.72 Å². The van der Waals surface area contributed by atoms with Gasteiger partial charge in [0.1, 0.15) is 23.6 Å². The first-order valence-corrected chi connectivity index (χ1v) is 5.33. The molecule has 18 heavy (non-hydrogen) atoms. The molecule has 90 valence electrons. The Bertz CT molecular complexity index is 629. The topological polar surface area (TPSA) is 78.8 Å². The van der Waals surface area contributed by atoms with Crippen molar-refractivity contribution in [3.05, 3.63) is 63.8 Å². The summed E-state index contributed by atoms with van der Waals surface area (Å²) in [7, 11) is 1.54. The van der Waals surface area contributed by atoms with Crippen molar-refractivity contribution in [1.29, 1.82) is 5.26 Å². The number of hydrogen-bond acceptors (Lipinski definition) is 4. The number of aromatic amines is 1. The lowest BCUT2D eigenvalue weighted by Gasteiger charge is -2.14. The summed E-state index contributed by atoms with van der Waals surface area (Å²) in [6.45, 7) is 0.